The van der Waals surface area contributed by atoms with E-state index in [1.807, 2.05) is 0 Å². The lowest BCUT2D eigenvalue weighted by Gasteiger charge is -2.26. The number of rotatable bonds is 4. The SMILES string of the molecule is Cn1c(=O)[nH]c2cc(C(=O)NCCN3CCCCC3)ccc2c1=O. The first kappa shape index (κ1) is 16.4. The summed E-state index contributed by atoms with van der Waals surface area (Å²) in [5.41, 5.74) is -0.0437. The molecule has 2 N–H and O–H groups in total. The van der Waals surface area contributed by atoms with Gasteiger partial charge in [-0.2, -0.15) is 0 Å². The Morgan fingerprint density at radius 1 is 1.21 bits per heavy atom. The number of hydrogen-bond acceptors (Lipinski definition) is 4. The van der Waals surface area contributed by atoms with E-state index in [-0.39, 0.29) is 11.5 Å². The Balaban J connectivity index is 1.69. The van der Waals surface area contributed by atoms with Crippen molar-refractivity contribution in [2.45, 2.75) is 19.3 Å². The van der Waals surface area contributed by atoms with Crippen molar-refractivity contribution < 1.29 is 4.79 Å². The van der Waals surface area contributed by atoms with E-state index >= 15 is 0 Å². The molecule has 24 heavy (non-hydrogen) atoms. The second kappa shape index (κ2) is 7.00. The van der Waals surface area contributed by atoms with Gasteiger partial charge in [0.05, 0.1) is 10.9 Å². The number of likely N-dealkylation sites (tertiary alicyclic amines) is 1. The predicted octanol–water partition coefficient (Wildman–Crippen LogP) is 0.442. The minimum atomic E-state index is -0.491. The van der Waals surface area contributed by atoms with E-state index in [9.17, 15) is 14.4 Å². The van der Waals surface area contributed by atoms with Crippen LogP contribution in [0.25, 0.3) is 10.9 Å². The van der Waals surface area contributed by atoms with E-state index < -0.39 is 5.69 Å². The van der Waals surface area contributed by atoms with Crippen molar-refractivity contribution in [1.82, 2.24) is 19.8 Å². The van der Waals surface area contributed by atoms with E-state index in [4.69, 9.17) is 0 Å². The number of piperidine rings is 1. The zero-order valence-electron chi connectivity index (χ0n) is 13.8. The van der Waals surface area contributed by atoms with E-state index in [1.54, 1.807) is 18.2 Å². The topological polar surface area (TPSA) is 87.2 Å². The summed E-state index contributed by atoms with van der Waals surface area (Å²) >= 11 is 0. The van der Waals surface area contributed by atoms with Crippen molar-refractivity contribution in [3.05, 3.63) is 44.6 Å². The molecule has 0 unspecified atom stereocenters. The van der Waals surface area contributed by atoms with Crippen LogP contribution in [-0.2, 0) is 7.05 Å². The molecule has 1 aromatic carbocycles. The molecule has 0 bridgehead atoms. The average Bonchev–Trinajstić information content (AvgIpc) is 2.60. The quantitative estimate of drug-likeness (QED) is 0.852. The Hall–Kier alpha value is -2.41. The number of nitrogens with zero attached hydrogens (tertiary/aromatic N) is 2. The van der Waals surface area contributed by atoms with Gasteiger partial charge < -0.3 is 15.2 Å². The fourth-order valence-electron chi connectivity index (χ4n) is 3.06. The molecule has 7 heteroatoms. The van der Waals surface area contributed by atoms with Crippen LogP contribution < -0.4 is 16.6 Å². The number of benzene rings is 1. The van der Waals surface area contributed by atoms with Gasteiger partial charge in [-0.25, -0.2) is 4.79 Å². The molecule has 1 aromatic heterocycles. The molecular formula is C17H22N4O3. The number of H-pyrrole nitrogens is 1. The van der Waals surface area contributed by atoms with Gasteiger partial charge in [-0.3, -0.25) is 14.2 Å². The number of amides is 1. The van der Waals surface area contributed by atoms with Crippen molar-refractivity contribution in [1.29, 1.82) is 0 Å². The van der Waals surface area contributed by atoms with Crippen molar-refractivity contribution >= 4 is 16.8 Å². The summed E-state index contributed by atoms with van der Waals surface area (Å²) in [6, 6.07) is 4.74. The number of carbonyl (C=O) groups excluding carboxylic acids is 1. The number of aromatic nitrogens is 2. The Morgan fingerprint density at radius 2 is 1.96 bits per heavy atom. The van der Waals surface area contributed by atoms with Crippen LogP contribution >= 0.6 is 0 Å². The third kappa shape index (κ3) is 3.41. The Bertz CT molecular complexity index is 862. The van der Waals surface area contributed by atoms with Crippen molar-refractivity contribution in [3.8, 4) is 0 Å². The van der Waals surface area contributed by atoms with Gasteiger partial charge in [0.15, 0.2) is 0 Å². The third-order valence-electron chi connectivity index (χ3n) is 4.53. The Morgan fingerprint density at radius 3 is 2.71 bits per heavy atom. The molecule has 0 saturated carbocycles. The minimum Gasteiger partial charge on any atom is -0.351 e. The van der Waals surface area contributed by atoms with Crippen molar-refractivity contribution in [2.24, 2.45) is 7.05 Å². The van der Waals surface area contributed by atoms with Crippen molar-refractivity contribution in [3.63, 3.8) is 0 Å². The van der Waals surface area contributed by atoms with Gasteiger partial charge in [0, 0.05) is 25.7 Å². The molecule has 7 nitrogen and oxygen atoms in total. The first-order valence-electron chi connectivity index (χ1n) is 8.30. The van der Waals surface area contributed by atoms with E-state index in [1.165, 1.54) is 26.3 Å². The molecule has 0 spiro atoms. The van der Waals surface area contributed by atoms with Crippen LogP contribution in [0.5, 0.6) is 0 Å². The van der Waals surface area contributed by atoms with Crippen LogP contribution in [0.4, 0.5) is 0 Å². The number of carbonyl (C=O) groups is 1. The molecule has 128 valence electrons. The number of hydrogen-bond donors (Lipinski definition) is 2. The molecule has 0 radical (unpaired) electrons. The van der Waals surface area contributed by atoms with Gasteiger partial charge in [0.1, 0.15) is 0 Å². The van der Waals surface area contributed by atoms with Crippen LogP contribution in [0, 0.1) is 0 Å². The summed E-state index contributed by atoms with van der Waals surface area (Å²) in [7, 11) is 1.42. The van der Waals surface area contributed by atoms with Crippen LogP contribution in [0.1, 0.15) is 29.6 Å². The van der Waals surface area contributed by atoms with Gasteiger partial charge >= 0.3 is 5.69 Å². The highest BCUT2D eigenvalue weighted by Gasteiger charge is 2.12. The highest BCUT2D eigenvalue weighted by atomic mass is 16.2. The lowest BCUT2D eigenvalue weighted by Crippen LogP contribution is -2.37. The number of nitrogens with one attached hydrogen (secondary N) is 2. The molecule has 0 atom stereocenters. The van der Waals surface area contributed by atoms with Gasteiger partial charge in [0.2, 0.25) is 0 Å². The summed E-state index contributed by atoms with van der Waals surface area (Å²) in [6.45, 7) is 3.62. The fourth-order valence-corrected chi connectivity index (χ4v) is 3.06. The summed E-state index contributed by atoms with van der Waals surface area (Å²) in [5, 5.41) is 3.29. The smallest absolute Gasteiger partial charge is 0.328 e. The van der Waals surface area contributed by atoms with Gasteiger partial charge in [0.25, 0.3) is 11.5 Å². The maximum Gasteiger partial charge on any atom is 0.328 e. The second-order valence-electron chi connectivity index (χ2n) is 6.21. The predicted molar refractivity (Wildman–Crippen MR) is 92.4 cm³/mol. The van der Waals surface area contributed by atoms with E-state index in [2.05, 4.69) is 15.2 Å². The molecule has 1 aliphatic rings. The molecule has 0 aliphatic carbocycles. The highest BCUT2D eigenvalue weighted by Crippen LogP contribution is 2.10. The molecule has 2 heterocycles. The molecule has 1 fully saturated rings. The third-order valence-corrected chi connectivity index (χ3v) is 4.53. The maximum absolute atomic E-state index is 12.3. The normalized spacial score (nSPS) is 15.5. The van der Waals surface area contributed by atoms with Crippen molar-refractivity contribution in [2.75, 3.05) is 26.2 Å². The first-order chi connectivity index (χ1) is 11.6. The van der Waals surface area contributed by atoms with Crippen LogP contribution in [0.3, 0.4) is 0 Å². The summed E-state index contributed by atoms with van der Waals surface area (Å²) in [5.74, 6) is -0.199. The molecule has 2 aromatic rings. The molecule has 3 rings (SSSR count). The molecule has 1 saturated heterocycles. The molecule has 1 aliphatic heterocycles. The molecule has 1 amide bonds. The highest BCUT2D eigenvalue weighted by molar-refractivity contribution is 5.97. The zero-order chi connectivity index (χ0) is 17.1. The average molecular weight is 330 g/mol. The van der Waals surface area contributed by atoms with Crippen LogP contribution in [0.2, 0.25) is 0 Å². The fraction of sp³-hybridized carbons (Fsp3) is 0.471. The summed E-state index contributed by atoms with van der Waals surface area (Å²) in [6.07, 6.45) is 3.74. The minimum absolute atomic E-state index is 0.199. The molecular weight excluding hydrogens is 308 g/mol. The second-order valence-corrected chi connectivity index (χ2v) is 6.21. The summed E-state index contributed by atoms with van der Waals surface area (Å²) in [4.78, 5) is 40.9. The zero-order valence-corrected chi connectivity index (χ0v) is 13.8. The summed E-state index contributed by atoms with van der Waals surface area (Å²) < 4.78 is 1.01. The largest absolute Gasteiger partial charge is 0.351 e. The standard InChI is InChI=1S/C17H22N4O3/c1-20-16(23)13-6-5-12(11-14(13)19-17(20)24)15(22)18-7-10-21-8-3-2-4-9-21/h5-6,11H,2-4,7-10H2,1H3,(H,18,22)(H,19,24). The maximum atomic E-state index is 12.3. The van der Waals surface area contributed by atoms with Gasteiger partial charge in [-0.05, 0) is 44.1 Å². The number of aromatic amines is 1. The Kier molecular flexibility index (Phi) is 4.80. The lowest BCUT2D eigenvalue weighted by atomic mass is 10.1. The van der Waals surface area contributed by atoms with E-state index in [0.717, 1.165) is 24.2 Å². The lowest BCUT2D eigenvalue weighted by molar-refractivity contribution is 0.0946. The van der Waals surface area contributed by atoms with Crippen LogP contribution in [-0.4, -0.2) is 46.5 Å². The first-order valence-corrected chi connectivity index (χ1v) is 8.30. The number of fused-ring (bicyclic) bond motifs is 1. The Labute approximate surface area is 139 Å². The van der Waals surface area contributed by atoms with Gasteiger partial charge in [-0.1, -0.05) is 6.42 Å². The van der Waals surface area contributed by atoms with Crippen LogP contribution in [0.15, 0.2) is 27.8 Å². The van der Waals surface area contributed by atoms with Gasteiger partial charge in [-0.15, -0.1) is 0 Å². The van der Waals surface area contributed by atoms with E-state index in [0.29, 0.717) is 23.0 Å². The monoisotopic (exact) mass is 330 g/mol.